The minimum absolute atomic E-state index is 0.0222. The third-order valence-corrected chi connectivity index (χ3v) is 4.71. The van der Waals surface area contributed by atoms with E-state index in [1.165, 1.54) is 0 Å². The summed E-state index contributed by atoms with van der Waals surface area (Å²) in [5, 5.41) is 2.99. The Morgan fingerprint density at radius 2 is 1.90 bits per heavy atom. The molecule has 0 radical (unpaired) electrons. The maximum atomic E-state index is 12.8. The number of halogens is 1. The molecule has 1 N–H and O–H groups in total. The first-order chi connectivity index (χ1) is 13.9. The van der Waals surface area contributed by atoms with E-state index in [9.17, 15) is 9.59 Å². The van der Waals surface area contributed by atoms with Gasteiger partial charge in [0.05, 0.1) is 23.4 Å². The van der Waals surface area contributed by atoms with Crippen LogP contribution in [0, 0.1) is 0 Å². The largest absolute Gasteiger partial charge is 0.490 e. The Morgan fingerprint density at radius 3 is 2.55 bits per heavy atom. The molecule has 29 heavy (non-hydrogen) atoms. The highest BCUT2D eigenvalue weighted by atomic mass is 35.5. The van der Waals surface area contributed by atoms with Crippen LogP contribution < -0.4 is 19.7 Å². The Labute approximate surface area is 175 Å². The summed E-state index contributed by atoms with van der Waals surface area (Å²) in [4.78, 5) is 26.2. The molecule has 0 saturated carbocycles. The fourth-order valence-corrected chi connectivity index (χ4v) is 3.11. The van der Waals surface area contributed by atoms with E-state index in [2.05, 4.69) is 5.32 Å². The predicted molar refractivity (Wildman–Crippen MR) is 113 cm³/mol. The second-order valence-electron chi connectivity index (χ2n) is 6.56. The number of nitrogens with one attached hydrogen (secondary N) is 1. The van der Waals surface area contributed by atoms with Gasteiger partial charge in [0.2, 0.25) is 0 Å². The van der Waals surface area contributed by atoms with Crippen molar-refractivity contribution in [2.75, 3.05) is 11.5 Å². The topological polar surface area (TPSA) is 67.9 Å². The van der Waals surface area contributed by atoms with Crippen LogP contribution in [0.5, 0.6) is 11.5 Å². The number of para-hydroxylation sites is 1. The van der Waals surface area contributed by atoms with Gasteiger partial charge in [0.15, 0.2) is 11.5 Å². The summed E-state index contributed by atoms with van der Waals surface area (Å²) >= 11 is 6.43. The smallest absolute Gasteiger partial charge is 0.333 e. The maximum absolute atomic E-state index is 12.8. The first-order valence-electron chi connectivity index (χ1n) is 9.49. The number of rotatable bonds is 7. The molecule has 7 heteroatoms. The number of urea groups is 1. The molecule has 0 bridgehead atoms. The van der Waals surface area contributed by atoms with Gasteiger partial charge >= 0.3 is 6.03 Å². The zero-order valence-corrected chi connectivity index (χ0v) is 17.3. The van der Waals surface area contributed by atoms with Crippen LogP contribution in [-0.4, -0.2) is 24.6 Å². The average molecular weight is 415 g/mol. The Balaban J connectivity index is 1.94. The van der Waals surface area contributed by atoms with Gasteiger partial charge in [-0.1, -0.05) is 36.7 Å². The van der Waals surface area contributed by atoms with Crippen molar-refractivity contribution in [2.24, 2.45) is 0 Å². The van der Waals surface area contributed by atoms with E-state index < -0.39 is 11.9 Å². The molecule has 1 aliphatic rings. The third-order valence-electron chi connectivity index (χ3n) is 4.43. The molecule has 0 spiro atoms. The van der Waals surface area contributed by atoms with Crippen molar-refractivity contribution in [1.29, 1.82) is 0 Å². The molecule has 0 aliphatic carbocycles. The van der Waals surface area contributed by atoms with Gasteiger partial charge in [-0.3, -0.25) is 4.79 Å². The van der Waals surface area contributed by atoms with Crippen LogP contribution in [0.1, 0.15) is 32.8 Å². The van der Waals surface area contributed by atoms with Crippen molar-refractivity contribution in [3.05, 3.63) is 58.7 Å². The number of hydrogen-bond donors (Lipinski definition) is 1. The van der Waals surface area contributed by atoms with Crippen LogP contribution >= 0.6 is 11.6 Å². The number of nitrogens with zero attached hydrogens (tertiary/aromatic N) is 1. The summed E-state index contributed by atoms with van der Waals surface area (Å²) in [6.45, 7) is 6.27. The van der Waals surface area contributed by atoms with Crippen molar-refractivity contribution >= 4 is 35.3 Å². The minimum atomic E-state index is -0.500. The number of carbonyl (C=O) groups is 2. The van der Waals surface area contributed by atoms with Gasteiger partial charge in [0.25, 0.3) is 5.91 Å². The summed E-state index contributed by atoms with van der Waals surface area (Å²) in [7, 11) is 0. The van der Waals surface area contributed by atoms with Crippen molar-refractivity contribution < 1.29 is 19.1 Å². The molecule has 1 aliphatic heterocycles. The highest BCUT2D eigenvalue weighted by molar-refractivity contribution is 6.32. The van der Waals surface area contributed by atoms with Gasteiger partial charge in [-0.05, 0) is 56.2 Å². The summed E-state index contributed by atoms with van der Waals surface area (Å²) in [6, 6.07) is 11.7. The summed E-state index contributed by atoms with van der Waals surface area (Å²) in [6.07, 6.45) is 2.37. The fraction of sp³-hybridized carbons (Fsp3) is 0.273. The number of ether oxygens (including phenoxy) is 2. The monoisotopic (exact) mass is 414 g/mol. The maximum Gasteiger partial charge on any atom is 0.333 e. The Morgan fingerprint density at radius 1 is 1.17 bits per heavy atom. The zero-order valence-electron chi connectivity index (χ0n) is 16.6. The number of hydrogen-bond acceptors (Lipinski definition) is 4. The normalized spacial score (nSPS) is 16.1. The van der Waals surface area contributed by atoms with Crippen LogP contribution in [0.15, 0.2) is 48.2 Å². The highest BCUT2D eigenvalue weighted by Crippen LogP contribution is 2.38. The molecule has 152 valence electrons. The van der Waals surface area contributed by atoms with Gasteiger partial charge in [-0.15, -0.1) is 0 Å². The molecular weight excluding hydrogens is 392 g/mol. The fourth-order valence-electron chi connectivity index (χ4n) is 2.85. The minimum Gasteiger partial charge on any atom is -0.490 e. The van der Waals surface area contributed by atoms with E-state index in [1.807, 2.05) is 26.8 Å². The quantitative estimate of drug-likeness (QED) is 0.510. The van der Waals surface area contributed by atoms with Gasteiger partial charge in [-0.2, -0.15) is 0 Å². The lowest BCUT2D eigenvalue weighted by Gasteiger charge is -2.18. The number of amides is 3. The van der Waals surface area contributed by atoms with Crippen molar-refractivity contribution in [3.8, 4) is 11.5 Å². The van der Waals surface area contributed by atoms with E-state index in [1.54, 1.807) is 42.5 Å². The van der Waals surface area contributed by atoms with Crippen LogP contribution in [0.3, 0.4) is 0 Å². The molecule has 1 fully saturated rings. The van der Waals surface area contributed by atoms with Gasteiger partial charge in [-0.25, -0.2) is 9.69 Å². The van der Waals surface area contributed by atoms with Crippen LogP contribution in [0.2, 0.25) is 5.02 Å². The van der Waals surface area contributed by atoms with E-state index >= 15 is 0 Å². The predicted octanol–water partition coefficient (Wildman–Crippen LogP) is 5.01. The molecule has 0 unspecified atom stereocenters. The van der Waals surface area contributed by atoms with Gasteiger partial charge in [0, 0.05) is 0 Å². The number of imide groups is 1. The molecule has 2 aromatic carbocycles. The standard InChI is InChI=1S/C22H23ClN2O4/c1-4-14(3)29-20-17(23)11-15(13-19(20)28-5-2)12-18-21(26)25(22(27)24-18)16-9-7-6-8-10-16/h6-14H,4-5H2,1-3H3,(H,24,27)/b18-12-/t14-/m1/s1. The Kier molecular flexibility index (Phi) is 6.44. The van der Waals surface area contributed by atoms with E-state index in [4.69, 9.17) is 21.1 Å². The molecule has 0 aromatic heterocycles. The molecule has 3 amide bonds. The number of carbonyl (C=O) groups excluding carboxylic acids is 2. The number of anilines is 1. The van der Waals surface area contributed by atoms with E-state index in [0.29, 0.717) is 34.4 Å². The zero-order chi connectivity index (χ0) is 21.0. The first kappa shape index (κ1) is 20.7. The van der Waals surface area contributed by atoms with Crippen molar-refractivity contribution in [3.63, 3.8) is 0 Å². The molecule has 1 heterocycles. The molecule has 2 aromatic rings. The highest BCUT2D eigenvalue weighted by Gasteiger charge is 2.34. The van der Waals surface area contributed by atoms with Gasteiger partial charge < -0.3 is 14.8 Å². The van der Waals surface area contributed by atoms with Crippen LogP contribution in [0.4, 0.5) is 10.5 Å². The third kappa shape index (κ3) is 4.54. The number of benzene rings is 2. The lowest BCUT2D eigenvalue weighted by molar-refractivity contribution is -0.113. The van der Waals surface area contributed by atoms with Crippen molar-refractivity contribution in [1.82, 2.24) is 5.32 Å². The molecule has 3 rings (SSSR count). The van der Waals surface area contributed by atoms with Crippen LogP contribution in [-0.2, 0) is 4.79 Å². The lowest BCUT2D eigenvalue weighted by atomic mass is 10.1. The van der Waals surface area contributed by atoms with Crippen LogP contribution in [0.25, 0.3) is 6.08 Å². The first-order valence-corrected chi connectivity index (χ1v) is 9.87. The van der Waals surface area contributed by atoms with Gasteiger partial charge in [0.1, 0.15) is 5.70 Å². The van der Waals surface area contributed by atoms with E-state index in [-0.39, 0.29) is 11.8 Å². The summed E-state index contributed by atoms with van der Waals surface area (Å²) in [5.74, 6) is 0.525. The van der Waals surface area contributed by atoms with Crippen molar-refractivity contribution in [2.45, 2.75) is 33.3 Å². The van der Waals surface area contributed by atoms with E-state index in [0.717, 1.165) is 11.3 Å². The Bertz CT molecular complexity index is 943. The molecule has 1 atom stereocenters. The summed E-state index contributed by atoms with van der Waals surface area (Å²) in [5.41, 5.74) is 1.28. The molecule has 6 nitrogen and oxygen atoms in total. The SMILES string of the molecule is CCOc1cc(/C=C2\NC(=O)N(c3ccccc3)C2=O)cc(Cl)c1O[C@H](C)CC. The second-order valence-corrected chi connectivity index (χ2v) is 6.97. The Hall–Kier alpha value is -2.99. The molecular formula is C22H23ClN2O4. The lowest BCUT2D eigenvalue weighted by Crippen LogP contribution is -2.30. The molecule has 1 saturated heterocycles. The second kappa shape index (κ2) is 9.01. The average Bonchev–Trinajstić information content (AvgIpc) is 2.98. The summed E-state index contributed by atoms with van der Waals surface area (Å²) < 4.78 is 11.6.